The molecule has 35 heavy (non-hydrogen) atoms. The number of rotatable bonds is 9. The molecule has 1 aromatic heterocycles. The Bertz CT molecular complexity index is 1300. The second-order valence-electron chi connectivity index (χ2n) is 8.13. The van der Waals surface area contributed by atoms with Crippen LogP contribution in [0.3, 0.4) is 0 Å². The number of anilines is 1. The van der Waals surface area contributed by atoms with Crippen molar-refractivity contribution >= 4 is 35.0 Å². The Morgan fingerprint density at radius 1 is 1.03 bits per heavy atom. The van der Waals surface area contributed by atoms with Crippen LogP contribution in [0.15, 0.2) is 78.0 Å². The molecule has 1 N–H and O–H groups in total. The Kier molecular flexibility index (Phi) is 8.10. The van der Waals surface area contributed by atoms with Crippen molar-refractivity contribution in [2.45, 2.75) is 31.8 Å². The first kappa shape index (κ1) is 24.8. The number of benzene rings is 3. The molecule has 0 saturated carbocycles. The highest BCUT2D eigenvalue weighted by atomic mass is 35.5. The lowest BCUT2D eigenvalue weighted by atomic mass is 10.0. The number of hydrogen-bond acceptors (Lipinski definition) is 5. The number of carbonyl (C=O) groups excluding carboxylic acids is 1. The fraction of sp³-hybridized carbons (Fsp3) is 0.222. The van der Waals surface area contributed by atoms with Gasteiger partial charge in [-0.3, -0.25) is 9.36 Å². The number of hydrogen-bond donors (Lipinski definition) is 1. The minimum absolute atomic E-state index is 0.108. The molecule has 0 atom stereocenters. The maximum Gasteiger partial charge on any atom is 0.234 e. The zero-order valence-electron chi connectivity index (χ0n) is 19.9. The van der Waals surface area contributed by atoms with Gasteiger partial charge in [-0.2, -0.15) is 0 Å². The summed E-state index contributed by atoms with van der Waals surface area (Å²) in [4.78, 5) is 12.8. The van der Waals surface area contributed by atoms with Crippen LogP contribution in [0.4, 0.5) is 5.69 Å². The molecule has 0 aliphatic carbocycles. The van der Waals surface area contributed by atoms with Gasteiger partial charge in [0.1, 0.15) is 5.75 Å². The number of amides is 1. The average molecular weight is 507 g/mol. The molecule has 0 unspecified atom stereocenters. The molecule has 0 spiro atoms. The van der Waals surface area contributed by atoms with Crippen LogP contribution in [0, 0.1) is 0 Å². The molecular formula is C27H27ClN4O2S. The molecular weight excluding hydrogens is 480 g/mol. The van der Waals surface area contributed by atoms with Gasteiger partial charge >= 0.3 is 0 Å². The molecule has 4 aromatic rings. The van der Waals surface area contributed by atoms with Gasteiger partial charge in [-0.05, 0) is 60.9 Å². The van der Waals surface area contributed by atoms with Crippen molar-refractivity contribution in [2.75, 3.05) is 17.7 Å². The Labute approximate surface area is 214 Å². The molecule has 1 amide bonds. The van der Waals surface area contributed by atoms with E-state index in [4.69, 9.17) is 16.3 Å². The Balaban J connectivity index is 1.61. The summed E-state index contributed by atoms with van der Waals surface area (Å²) in [6.07, 6.45) is 0. The largest absolute Gasteiger partial charge is 0.494 e. The third-order valence-corrected chi connectivity index (χ3v) is 6.60. The van der Waals surface area contributed by atoms with Gasteiger partial charge in [-0.25, -0.2) is 0 Å². The number of nitrogens with one attached hydrogen (secondary N) is 1. The van der Waals surface area contributed by atoms with E-state index in [-0.39, 0.29) is 11.7 Å². The van der Waals surface area contributed by atoms with Gasteiger partial charge in [-0.15, -0.1) is 10.2 Å². The average Bonchev–Trinajstić information content (AvgIpc) is 3.27. The summed E-state index contributed by atoms with van der Waals surface area (Å²) in [5.74, 6) is 1.77. The predicted molar refractivity (Wildman–Crippen MR) is 143 cm³/mol. The van der Waals surface area contributed by atoms with E-state index in [1.807, 2.05) is 84.3 Å². The fourth-order valence-corrected chi connectivity index (χ4v) is 4.67. The first-order valence-corrected chi connectivity index (χ1v) is 12.8. The second kappa shape index (κ2) is 11.4. The zero-order valence-corrected chi connectivity index (χ0v) is 21.4. The molecule has 0 aliphatic heterocycles. The maximum absolute atomic E-state index is 12.8. The predicted octanol–water partition coefficient (Wildman–Crippen LogP) is 6.84. The van der Waals surface area contributed by atoms with Gasteiger partial charge in [0.25, 0.3) is 0 Å². The monoisotopic (exact) mass is 506 g/mol. The molecule has 0 aliphatic rings. The minimum Gasteiger partial charge on any atom is -0.494 e. The normalized spacial score (nSPS) is 11.0. The molecule has 6 nitrogen and oxygen atoms in total. The Hall–Kier alpha value is -3.29. The zero-order chi connectivity index (χ0) is 24.8. The van der Waals surface area contributed by atoms with Crippen LogP contribution in [0.25, 0.3) is 17.1 Å². The van der Waals surface area contributed by atoms with Crippen molar-refractivity contribution in [3.8, 4) is 22.8 Å². The molecule has 3 aromatic carbocycles. The number of halogens is 1. The smallest absolute Gasteiger partial charge is 0.234 e. The third kappa shape index (κ3) is 5.86. The Morgan fingerprint density at radius 3 is 2.46 bits per heavy atom. The standard InChI is InChI=1S/C27H27ClN4O2S/c1-4-34-20-15-13-19(14-16-20)32-26(22-10-5-7-11-23(22)28)30-31-27(32)35-17-25(33)29-24-12-8-6-9-21(24)18(2)3/h5-16,18H,4,17H2,1-3H3,(H,29,33). The van der Waals surface area contributed by atoms with E-state index in [0.29, 0.717) is 28.5 Å². The van der Waals surface area contributed by atoms with Crippen LogP contribution in [0.5, 0.6) is 5.75 Å². The van der Waals surface area contributed by atoms with E-state index in [1.165, 1.54) is 11.8 Å². The molecule has 0 fully saturated rings. The second-order valence-corrected chi connectivity index (χ2v) is 9.48. The van der Waals surface area contributed by atoms with Crippen molar-refractivity contribution in [3.05, 3.63) is 83.4 Å². The van der Waals surface area contributed by atoms with E-state index >= 15 is 0 Å². The van der Waals surface area contributed by atoms with Crippen LogP contribution >= 0.6 is 23.4 Å². The van der Waals surface area contributed by atoms with Crippen LogP contribution in [-0.4, -0.2) is 33.0 Å². The fourth-order valence-electron chi connectivity index (χ4n) is 3.70. The van der Waals surface area contributed by atoms with Crippen LogP contribution in [-0.2, 0) is 4.79 Å². The van der Waals surface area contributed by atoms with Crippen LogP contribution < -0.4 is 10.1 Å². The summed E-state index contributed by atoms with van der Waals surface area (Å²) < 4.78 is 7.50. The molecule has 8 heteroatoms. The van der Waals surface area contributed by atoms with Crippen molar-refractivity contribution in [3.63, 3.8) is 0 Å². The van der Waals surface area contributed by atoms with Crippen molar-refractivity contribution in [2.24, 2.45) is 0 Å². The lowest BCUT2D eigenvalue weighted by Gasteiger charge is -2.14. The number of thioether (sulfide) groups is 1. The van der Waals surface area contributed by atoms with Crippen LogP contribution in [0.2, 0.25) is 5.02 Å². The van der Waals surface area contributed by atoms with E-state index < -0.39 is 0 Å². The van der Waals surface area contributed by atoms with Gasteiger partial charge in [0, 0.05) is 16.9 Å². The van der Waals surface area contributed by atoms with Gasteiger partial charge in [0.15, 0.2) is 11.0 Å². The maximum atomic E-state index is 12.8. The van der Waals surface area contributed by atoms with Crippen LogP contribution in [0.1, 0.15) is 32.3 Å². The summed E-state index contributed by atoms with van der Waals surface area (Å²) in [6, 6.07) is 23.1. The summed E-state index contributed by atoms with van der Waals surface area (Å²) in [5, 5.41) is 13.0. The molecule has 1 heterocycles. The van der Waals surface area contributed by atoms with Crippen molar-refractivity contribution in [1.29, 1.82) is 0 Å². The summed E-state index contributed by atoms with van der Waals surface area (Å²) >= 11 is 7.80. The molecule has 0 bridgehead atoms. The summed E-state index contributed by atoms with van der Waals surface area (Å²) in [5.41, 5.74) is 3.54. The third-order valence-electron chi connectivity index (χ3n) is 5.34. The minimum atomic E-state index is -0.108. The van der Waals surface area contributed by atoms with E-state index in [1.54, 1.807) is 0 Å². The van der Waals surface area contributed by atoms with Gasteiger partial charge in [0.2, 0.25) is 5.91 Å². The number of ether oxygens (including phenoxy) is 1. The Morgan fingerprint density at radius 2 is 1.74 bits per heavy atom. The van der Waals surface area contributed by atoms with E-state index in [9.17, 15) is 4.79 Å². The first-order chi connectivity index (χ1) is 17.0. The summed E-state index contributed by atoms with van der Waals surface area (Å²) in [6.45, 7) is 6.75. The van der Waals surface area contributed by atoms with E-state index in [2.05, 4.69) is 29.4 Å². The molecule has 0 saturated heterocycles. The highest BCUT2D eigenvalue weighted by Gasteiger charge is 2.19. The molecule has 4 rings (SSSR count). The van der Waals surface area contributed by atoms with E-state index in [0.717, 1.165) is 28.3 Å². The number of nitrogens with zero attached hydrogens (tertiary/aromatic N) is 3. The molecule has 0 radical (unpaired) electrons. The van der Waals surface area contributed by atoms with Crippen molar-refractivity contribution < 1.29 is 9.53 Å². The van der Waals surface area contributed by atoms with Gasteiger partial charge in [0.05, 0.1) is 17.4 Å². The van der Waals surface area contributed by atoms with Gasteiger partial charge in [-0.1, -0.05) is 67.5 Å². The summed E-state index contributed by atoms with van der Waals surface area (Å²) in [7, 11) is 0. The highest BCUT2D eigenvalue weighted by molar-refractivity contribution is 7.99. The number of carbonyl (C=O) groups is 1. The SMILES string of the molecule is CCOc1ccc(-n2c(SCC(=O)Nc3ccccc3C(C)C)nnc2-c2ccccc2Cl)cc1. The highest BCUT2D eigenvalue weighted by Crippen LogP contribution is 2.32. The number of aromatic nitrogens is 3. The quantitative estimate of drug-likeness (QED) is 0.252. The lowest BCUT2D eigenvalue weighted by Crippen LogP contribution is -2.16. The number of para-hydroxylation sites is 1. The topological polar surface area (TPSA) is 69.0 Å². The van der Waals surface area contributed by atoms with Crippen molar-refractivity contribution in [1.82, 2.24) is 14.8 Å². The van der Waals surface area contributed by atoms with Gasteiger partial charge < -0.3 is 10.1 Å². The first-order valence-electron chi connectivity index (χ1n) is 11.4. The molecule has 180 valence electrons. The lowest BCUT2D eigenvalue weighted by molar-refractivity contribution is -0.113.